The molecule has 0 radical (unpaired) electrons. The molecule has 0 saturated heterocycles. The van der Waals surface area contributed by atoms with E-state index in [4.69, 9.17) is 10.5 Å². The van der Waals surface area contributed by atoms with E-state index in [2.05, 4.69) is 5.32 Å². The average Bonchev–Trinajstić information content (AvgIpc) is 2.55. The summed E-state index contributed by atoms with van der Waals surface area (Å²) in [6.07, 6.45) is 1.83. The Morgan fingerprint density at radius 1 is 1.12 bits per heavy atom. The van der Waals surface area contributed by atoms with Gasteiger partial charge in [0.25, 0.3) is 11.8 Å². The molecule has 2 aromatic carbocycles. The summed E-state index contributed by atoms with van der Waals surface area (Å²) in [5, 5.41) is 2.79. The Balaban J connectivity index is 2.28. The molecule has 2 aromatic rings. The van der Waals surface area contributed by atoms with Crippen LogP contribution in [0.15, 0.2) is 47.4 Å². The van der Waals surface area contributed by atoms with Crippen LogP contribution in [0, 0.1) is 0 Å². The SMILES string of the molecule is CSc1ccccc1C(=O)Nc1ccc(OC(C)C)c(C(N)=O)c1. The van der Waals surface area contributed by atoms with E-state index in [-0.39, 0.29) is 17.6 Å². The van der Waals surface area contributed by atoms with Gasteiger partial charge in [-0.3, -0.25) is 9.59 Å². The molecule has 3 N–H and O–H groups in total. The lowest BCUT2D eigenvalue weighted by Gasteiger charge is -2.14. The molecule has 0 saturated carbocycles. The second kappa shape index (κ2) is 7.88. The van der Waals surface area contributed by atoms with Crippen molar-refractivity contribution in [2.45, 2.75) is 24.8 Å². The number of primary amides is 1. The molecule has 126 valence electrons. The lowest BCUT2D eigenvalue weighted by atomic mass is 10.1. The van der Waals surface area contributed by atoms with Crippen molar-refractivity contribution >= 4 is 29.3 Å². The lowest BCUT2D eigenvalue weighted by Crippen LogP contribution is -2.17. The quantitative estimate of drug-likeness (QED) is 0.785. The average molecular weight is 344 g/mol. The summed E-state index contributed by atoms with van der Waals surface area (Å²) in [5.74, 6) is -0.445. The van der Waals surface area contributed by atoms with Gasteiger partial charge in [0.1, 0.15) is 5.75 Å². The number of benzene rings is 2. The van der Waals surface area contributed by atoms with Gasteiger partial charge < -0.3 is 15.8 Å². The summed E-state index contributed by atoms with van der Waals surface area (Å²) in [6.45, 7) is 3.72. The highest BCUT2D eigenvalue weighted by atomic mass is 32.2. The number of nitrogens with two attached hydrogens (primary N) is 1. The zero-order valence-corrected chi connectivity index (χ0v) is 14.6. The third-order valence-electron chi connectivity index (χ3n) is 3.22. The molecule has 5 nitrogen and oxygen atoms in total. The fraction of sp³-hybridized carbons (Fsp3) is 0.222. The molecule has 0 aliphatic rings. The molecule has 24 heavy (non-hydrogen) atoms. The smallest absolute Gasteiger partial charge is 0.256 e. The van der Waals surface area contributed by atoms with E-state index in [1.807, 2.05) is 38.3 Å². The van der Waals surface area contributed by atoms with Gasteiger partial charge >= 0.3 is 0 Å². The molecular weight excluding hydrogens is 324 g/mol. The van der Waals surface area contributed by atoms with Gasteiger partial charge in [0.2, 0.25) is 0 Å². The minimum absolute atomic E-state index is 0.0861. The van der Waals surface area contributed by atoms with Crippen LogP contribution in [0.4, 0.5) is 5.69 Å². The van der Waals surface area contributed by atoms with E-state index < -0.39 is 5.91 Å². The largest absolute Gasteiger partial charge is 0.490 e. The first-order valence-corrected chi connectivity index (χ1v) is 8.69. The van der Waals surface area contributed by atoms with Gasteiger partial charge in [-0.2, -0.15) is 0 Å². The van der Waals surface area contributed by atoms with Crippen molar-refractivity contribution in [3.05, 3.63) is 53.6 Å². The van der Waals surface area contributed by atoms with Crippen LogP contribution >= 0.6 is 11.8 Å². The number of anilines is 1. The van der Waals surface area contributed by atoms with Crippen LogP contribution < -0.4 is 15.8 Å². The molecule has 0 heterocycles. The van der Waals surface area contributed by atoms with E-state index >= 15 is 0 Å². The Bertz CT molecular complexity index is 760. The van der Waals surface area contributed by atoms with Gasteiger partial charge in [0.15, 0.2) is 0 Å². The van der Waals surface area contributed by atoms with Crippen LogP contribution in [0.25, 0.3) is 0 Å². The van der Waals surface area contributed by atoms with Crippen molar-refractivity contribution in [3.8, 4) is 5.75 Å². The van der Waals surface area contributed by atoms with E-state index in [0.717, 1.165) is 4.90 Å². The van der Waals surface area contributed by atoms with Crippen LogP contribution in [0.3, 0.4) is 0 Å². The summed E-state index contributed by atoms with van der Waals surface area (Å²) in [5.41, 5.74) is 6.71. The first-order chi connectivity index (χ1) is 11.4. The highest BCUT2D eigenvalue weighted by Gasteiger charge is 2.15. The Morgan fingerprint density at radius 2 is 1.83 bits per heavy atom. The Hall–Kier alpha value is -2.47. The third kappa shape index (κ3) is 4.29. The molecule has 0 unspecified atom stereocenters. The maximum Gasteiger partial charge on any atom is 0.256 e. The van der Waals surface area contributed by atoms with Gasteiger partial charge in [-0.25, -0.2) is 0 Å². The van der Waals surface area contributed by atoms with Crippen LogP contribution in [0.5, 0.6) is 5.75 Å². The van der Waals surface area contributed by atoms with Crippen molar-refractivity contribution in [1.29, 1.82) is 0 Å². The van der Waals surface area contributed by atoms with Gasteiger partial charge in [-0.15, -0.1) is 11.8 Å². The molecule has 0 bridgehead atoms. The van der Waals surface area contributed by atoms with Gasteiger partial charge in [0.05, 0.1) is 17.2 Å². The fourth-order valence-electron chi connectivity index (χ4n) is 2.19. The lowest BCUT2D eigenvalue weighted by molar-refractivity contribution is 0.0990. The number of thioether (sulfide) groups is 1. The maximum absolute atomic E-state index is 12.5. The molecular formula is C18H20N2O3S. The number of nitrogens with one attached hydrogen (secondary N) is 1. The highest BCUT2D eigenvalue weighted by Crippen LogP contribution is 2.25. The summed E-state index contributed by atoms with van der Waals surface area (Å²) < 4.78 is 5.57. The predicted octanol–water partition coefficient (Wildman–Crippen LogP) is 3.55. The van der Waals surface area contributed by atoms with Crippen LogP contribution in [0.1, 0.15) is 34.6 Å². The molecule has 2 amide bonds. The second-order valence-electron chi connectivity index (χ2n) is 5.40. The van der Waals surface area contributed by atoms with Crippen molar-refractivity contribution in [2.75, 3.05) is 11.6 Å². The zero-order chi connectivity index (χ0) is 17.7. The number of ether oxygens (including phenoxy) is 1. The molecule has 0 atom stereocenters. The van der Waals surface area contributed by atoms with Crippen LogP contribution in [0.2, 0.25) is 0 Å². The molecule has 0 aliphatic heterocycles. The van der Waals surface area contributed by atoms with Gasteiger partial charge in [-0.1, -0.05) is 12.1 Å². The van der Waals surface area contributed by atoms with Crippen molar-refractivity contribution in [1.82, 2.24) is 0 Å². The molecule has 0 spiro atoms. The number of carbonyl (C=O) groups excluding carboxylic acids is 2. The minimum Gasteiger partial charge on any atom is -0.490 e. The van der Waals surface area contributed by atoms with E-state index in [9.17, 15) is 9.59 Å². The highest BCUT2D eigenvalue weighted by molar-refractivity contribution is 7.98. The number of carbonyl (C=O) groups is 2. The van der Waals surface area contributed by atoms with E-state index in [0.29, 0.717) is 17.0 Å². The van der Waals surface area contributed by atoms with Crippen molar-refractivity contribution in [3.63, 3.8) is 0 Å². The summed E-state index contributed by atoms with van der Waals surface area (Å²) in [4.78, 5) is 25.0. The Morgan fingerprint density at radius 3 is 2.46 bits per heavy atom. The number of amides is 2. The molecule has 2 rings (SSSR count). The summed E-state index contributed by atoms with van der Waals surface area (Å²) in [6, 6.07) is 12.2. The standard InChI is InChI=1S/C18H20N2O3S/c1-11(2)23-15-9-8-12(10-14(15)17(19)21)20-18(22)13-6-4-5-7-16(13)24-3/h4-11H,1-3H3,(H2,19,21)(H,20,22). The normalized spacial score (nSPS) is 10.5. The van der Waals surface area contributed by atoms with E-state index in [1.54, 1.807) is 18.2 Å². The zero-order valence-electron chi connectivity index (χ0n) is 13.8. The molecule has 0 aliphatic carbocycles. The van der Waals surface area contributed by atoms with Gasteiger partial charge in [-0.05, 0) is 50.4 Å². The fourth-order valence-corrected chi connectivity index (χ4v) is 2.78. The van der Waals surface area contributed by atoms with Crippen molar-refractivity contribution in [2.24, 2.45) is 5.73 Å². The number of hydrogen-bond donors (Lipinski definition) is 2. The summed E-state index contributed by atoms with van der Waals surface area (Å²) in [7, 11) is 0. The molecule has 6 heteroatoms. The molecule has 0 aromatic heterocycles. The monoisotopic (exact) mass is 344 g/mol. The van der Waals surface area contributed by atoms with Crippen LogP contribution in [-0.2, 0) is 0 Å². The first-order valence-electron chi connectivity index (χ1n) is 7.47. The number of rotatable bonds is 6. The predicted molar refractivity (Wildman–Crippen MR) is 96.9 cm³/mol. The second-order valence-corrected chi connectivity index (χ2v) is 6.24. The summed E-state index contributed by atoms with van der Waals surface area (Å²) >= 11 is 1.50. The van der Waals surface area contributed by atoms with Gasteiger partial charge in [0, 0.05) is 10.6 Å². The molecule has 0 fully saturated rings. The minimum atomic E-state index is -0.605. The third-order valence-corrected chi connectivity index (χ3v) is 4.01. The van der Waals surface area contributed by atoms with E-state index in [1.165, 1.54) is 17.8 Å². The number of hydrogen-bond acceptors (Lipinski definition) is 4. The Labute approximate surface area is 145 Å². The maximum atomic E-state index is 12.5. The Kier molecular flexibility index (Phi) is 5.87. The topological polar surface area (TPSA) is 81.4 Å². The van der Waals surface area contributed by atoms with Crippen LogP contribution in [-0.4, -0.2) is 24.2 Å². The first kappa shape index (κ1) is 17.9. The van der Waals surface area contributed by atoms with Crippen molar-refractivity contribution < 1.29 is 14.3 Å².